The van der Waals surface area contributed by atoms with Gasteiger partial charge in [-0.25, -0.2) is 0 Å². The number of halogens is 1. The first kappa shape index (κ1) is 13.8. The quantitative estimate of drug-likeness (QED) is 0.609. The van der Waals surface area contributed by atoms with Gasteiger partial charge >= 0.3 is 0 Å². The Morgan fingerprint density at radius 2 is 1.74 bits per heavy atom. The van der Waals surface area contributed by atoms with Crippen LogP contribution in [0.25, 0.3) is 0 Å². The summed E-state index contributed by atoms with van der Waals surface area (Å²) in [4.78, 5) is 11.6. The number of benzene rings is 2. The van der Waals surface area contributed by atoms with Crippen molar-refractivity contribution < 1.29 is 9.53 Å². The van der Waals surface area contributed by atoms with Gasteiger partial charge in [-0.2, -0.15) is 0 Å². The van der Waals surface area contributed by atoms with Crippen LogP contribution in [0.3, 0.4) is 0 Å². The van der Waals surface area contributed by atoms with E-state index in [-0.39, 0.29) is 10.6 Å². The fraction of sp³-hybridized carbons (Fsp3) is 0.188. The summed E-state index contributed by atoms with van der Waals surface area (Å²) >= 11 is 3.28. The molecule has 0 spiro atoms. The van der Waals surface area contributed by atoms with Crippen LogP contribution in [0.5, 0.6) is 5.75 Å². The molecule has 0 bridgehead atoms. The molecular formula is C16H15BrO2. The number of alkyl halides is 1. The zero-order valence-electron chi connectivity index (χ0n) is 10.7. The maximum absolute atomic E-state index is 11.7. The molecule has 2 aromatic rings. The van der Waals surface area contributed by atoms with Crippen LogP contribution in [0.15, 0.2) is 54.6 Å². The Bertz CT molecular complexity index is 532. The minimum absolute atomic E-state index is 0.0783. The summed E-state index contributed by atoms with van der Waals surface area (Å²) < 4.78 is 5.66. The van der Waals surface area contributed by atoms with Crippen molar-refractivity contribution in [3.05, 3.63) is 65.7 Å². The van der Waals surface area contributed by atoms with Crippen LogP contribution in [0, 0.1) is 0 Å². The zero-order valence-corrected chi connectivity index (χ0v) is 12.3. The monoisotopic (exact) mass is 318 g/mol. The molecule has 19 heavy (non-hydrogen) atoms. The third kappa shape index (κ3) is 3.93. The molecule has 98 valence electrons. The summed E-state index contributed by atoms with van der Waals surface area (Å²) in [6.07, 6.45) is 0. The summed E-state index contributed by atoms with van der Waals surface area (Å²) in [5, 5.41) is 0. The minimum atomic E-state index is -0.163. The Morgan fingerprint density at radius 1 is 1.11 bits per heavy atom. The van der Waals surface area contributed by atoms with Crippen molar-refractivity contribution >= 4 is 21.7 Å². The Kier molecular flexibility index (Phi) is 4.74. The first-order chi connectivity index (χ1) is 9.16. The van der Waals surface area contributed by atoms with Gasteiger partial charge in [-0.1, -0.05) is 46.3 Å². The number of Topliss-reactive ketones (excluding diaryl/α,β-unsaturated/α-hetero) is 1. The number of ether oxygens (including phenoxy) is 1. The lowest BCUT2D eigenvalue weighted by Gasteiger charge is -2.07. The van der Waals surface area contributed by atoms with Gasteiger partial charge in [0.25, 0.3) is 0 Å². The average molecular weight is 319 g/mol. The van der Waals surface area contributed by atoms with Crippen LogP contribution in [-0.2, 0) is 6.61 Å². The highest BCUT2D eigenvalue weighted by Gasteiger charge is 2.11. The van der Waals surface area contributed by atoms with Crippen molar-refractivity contribution in [1.29, 1.82) is 0 Å². The predicted molar refractivity (Wildman–Crippen MR) is 79.9 cm³/mol. The van der Waals surface area contributed by atoms with Crippen LogP contribution in [0.2, 0.25) is 0 Å². The number of rotatable bonds is 5. The molecule has 2 rings (SSSR count). The first-order valence-corrected chi connectivity index (χ1v) is 7.03. The van der Waals surface area contributed by atoms with Gasteiger partial charge in [0.2, 0.25) is 0 Å². The first-order valence-electron chi connectivity index (χ1n) is 6.12. The fourth-order valence-electron chi connectivity index (χ4n) is 1.69. The van der Waals surface area contributed by atoms with Gasteiger partial charge < -0.3 is 4.74 Å². The lowest BCUT2D eigenvalue weighted by atomic mass is 10.1. The molecule has 1 atom stereocenters. The second-order valence-corrected chi connectivity index (χ2v) is 5.65. The minimum Gasteiger partial charge on any atom is -0.489 e. The number of carbonyl (C=O) groups is 1. The van der Waals surface area contributed by atoms with E-state index in [0.29, 0.717) is 12.2 Å². The second-order valence-electron chi connectivity index (χ2n) is 4.28. The van der Waals surface area contributed by atoms with Crippen LogP contribution < -0.4 is 4.74 Å². The van der Waals surface area contributed by atoms with Gasteiger partial charge in [-0.15, -0.1) is 0 Å². The maximum Gasteiger partial charge on any atom is 0.176 e. The SMILES string of the molecule is C[C@H](Br)C(=O)c1ccc(OCc2ccccc2)cc1. The highest BCUT2D eigenvalue weighted by Crippen LogP contribution is 2.16. The largest absolute Gasteiger partial charge is 0.489 e. The average Bonchev–Trinajstić information content (AvgIpc) is 2.46. The van der Waals surface area contributed by atoms with Crippen LogP contribution in [0.1, 0.15) is 22.8 Å². The van der Waals surface area contributed by atoms with Crippen molar-refractivity contribution in [2.24, 2.45) is 0 Å². The number of carbonyl (C=O) groups excluding carboxylic acids is 1. The van der Waals surface area contributed by atoms with E-state index in [1.54, 1.807) is 12.1 Å². The summed E-state index contributed by atoms with van der Waals surface area (Å²) in [5.74, 6) is 0.845. The van der Waals surface area contributed by atoms with E-state index in [1.807, 2.05) is 49.4 Å². The lowest BCUT2D eigenvalue weighted by molar-refractivity contribution is 0.0996. The van der Waals surface area contributed by atoms with Crippen LogP contribution >= 0.6 is 15.9 Å². The summed E-state index contributed by atoms with van der Waals surface area (Å²) in [6.45, 7) is 2.35. The van der Waals surface area contributed by atoms with Crippen LogP contribution in [0.4, 0.5) is 0 Å². The van der Waals surface area contributed by atoms with Crippen molar-refractivity contribution in [3.8, 4) is 5.75 Å². The fourth-order valence-corrected chi connectivity index (χ4v) is 1.95. The van der Waals surface area contributed by atoms with Crippen molar-refractivity contribution in [2.75, 3.05) is 0 Å². The molecule has 0 aliphatic rings. The number of hydrogen-bond donors (Lipinski definition) is 0. The highest BCUT2D eigenvalue weighted by atomic mass is 79.9. The molecule has 0 saturated carbocycles. The topological polar surface area (TPSA) is 26.3 Å². The Balaban J connectivity index is 1.98. The lowest BCUT2D eigenvalue weighted by Crippen LogP contribution is -2.09. The molecule has 3 heteroatoms. The normalized spacial score (nSPS) is 11.9. The second kappa shape index (κ2) is 6.53. The van der Waals surface area contributed by atoms with Gasteiger partial charge in [0, 0.05) is 5.56 Å². The molecule has 2 nitrogen and oxygen atoms in total. The molecule has 0 saturated heterocycles. The smallest absolute Gasteiger partial charge is 0.176 e. The third-order valence-corrected chi connectivity index (χ3v) is 3.16. The molecule has 0 aliphatic heterocycles. The van der Waals surface area contributed by atoms with E-state index in [4.69, 9.17) is 4.74 Å². The van der Waals surface area contributed by atoms with Gasteiger partial charge in [0.05, 0.1) is 4.83 Å². The Labute approximate surface area is 121 Å². The van der Waals surface area contributed by atoms with E-state index in [2.05, 4.69) is 15.9 Å². The van der Waals surface area contributed by atoms with Gasteiger partial charge in [-0.05, 0) is 36.8 Å². The molecular weight excluding hydrogens is 304 g/mol. The molecule has 0 heterocycles. The number of hydrogen-bond acceptors (Lipinski definition) is 2. The highest BCUT2D eigenvalue weighted by molar-refractivity contribution is 9.10. The van der Waals surface area contributed by atoms with Crippen molar-refractivity contribution in [3.63, 3.8) is 0 Å². The van der Waals surface area contributed by atoms with Gasteiger partial charge in [0.15, 0.2) is 5.78 Å². The molecule has 0 aromatic heterocycles. The van der Waals surface area contributed by atoms with Crippen LogP contribution in [-0.4, -0.2) is 10.6 Å². The van der Waals surface area contributed by atoms with Gasteiger partial charge in [0.1, 0.15) is 12.4 Å². The molecule has 0 N–H and O–H groups in total. The molecule has 2 aromatic carbocycles. The molecule has 0 fully saturated rings. The summed E-state index contributed by atoms with van der Waals surface area (Å²) in [6, 6.07) is 17.2. The third-order valence-electron chi connectivity index (χ3n) is 2.75. The molecule has 0 unspecified atom stereocenters. The van der Waals surface area contributed by atoms with E-state index in [9.17, 15) is 4.79 Å². The molecule has 0 radical (unpaired) electrons. The zero-order chi connectivity index (χ0) is 13.7. The van der Waals surface area contributed by atoms with Crippen molar-refractivity contribution in [2.45, 2.75) is 18.4 Å². The number of ketones is 1. The summed E-state index contributed by atoms with van der Waals surface area (Å²) in [5.41, 5.74) is 1.81. The predicted octanol–water partition coefficient (Wildman–Crippen LogP) is 4.23. The Morgan fingerprint density at radius 3 is 2.32 bits per heavy atom. The van der Waals surface area contributed by atoms with Gasteiger partial charge in [-0.3, -0.25) is 4.79 Å². The standard InChI is InChI=1S/C16H15BrO2/c1-12(17)16(18)14-7-9-15(10-8-14)19-11-13-5-3-2-4-6-13/h2-10,12H,11H2,1H3/t12-/m0/s1. The summed E-state index contributed by atoms with van der Waals surface area (Å²) in [7, 11) is 0. The van der Waals surface area contributed by atoms with Crippen molar-refractivity contribution in [1.82, 2.24) is 0 Å². The van der Waals surface area contributed by atoms with E-state index < -0.39 is 0 Å². The Hall–Kier alpha value is -1.61. The van der Waals surface area contributed by atoms with E-state index in [0.717, 1.165) is 11.3 Å². The maximum atomic E-state index is 11.7. The molecule has 0 aliphatic carbocycles. The van der Waals surface area contributed by atoms with E-state index in [1.165, 1.54) is 0 Å². The molecule has 0 amide bonds. The van der Waals surface area contributed by atoms with E-state index >= 15 is 0 Å².